The lowest BCUT2D eigenvalue weighted by molar-refractivity contribution is 0.230. The molecule has 0 aliphatic carbocycles. The van der Waals surface area contributed by atoms with E-state index in [9.17, 15) is 0 Å². The summed E-state index contributed by atoms with van der Waals surface area (Å²) in [7, 11) is 2.02. The molecular weight excluding hydrogens is 276 g/mol. The second-order valence-electron chi connectivity index (χ2n) is 4.60. The average molecular weight is 295 g/mol. The van der Waals surface area contributed by atoms with E-state index in [-0.39, 0.29) is 0 Å². The van der Waals surface area contributed by atoms with Crippen molar-refractivity contribution in [2.45, 2.75) is 19.9 Å². The van der Waals surface area contributed by atoms with Gasteiger partial charge < -0.3 is 4.74 Å². The van der Waals surface area contributed by atoms with Crippen molar-refractivity contribution in [1.29, 1.82) is 0 Å². The van der Waals surface area contributed by atoms with E-state index in [2.05, 4.69) is 20.1 Å². The van der Waals surface area contributed by atoms with Gasteiger partial charge in [0, 0.05) is 18.0 Å². The zero-order valence-corrected chi connectivity index (χ0v) is 12.5. The molecule has 0 fully saturated rings. The van der Waals surface area contributed by atoms with Crippen LogP contribution in [0.3, 0.4) is 0 Å². The van der Waals surface area contributed by atoms with Gasteiger partial charge in [-0.05, 0) is 25.2 Å². The third kappa shape index (κ3) is 4.51. The van der Waals surface area contributed by atoms with Crippen molar-refractivity contribution in [2.75, 3.05) is 20.2 Å². The monoisotopic (exact) mass is 294 g/mol. The van der Waals surface area contributed by atoms with Crippen LogP contribution in [0.15, 0.2) is 24.3 Å². The number of hydrogen-bond donors (Lipinski definition) is 1. The van der Waals surface area contributed by atoms with Crippen molar-refractivity contribution >= 4 is 11.6 Å². The first kappa shape index (κ1) is 14.8. The predicted octanol–water partition coefficient (Wildman–Crippen LogP) is 2.53. The summed E-state index contributed by atoms with van der Waals surface area (Å²) in [5, 5.41) is 7.74. The highest BCUT2D eigenvalue weighted by Gasteiger charge is 2.05. The second kappa shape index (κ2) is 7.26. The van der Waals surface area contributed by atoms with Crippen molar-refractivity contribution in [2.24, 2.45) is 0 Å². The Bertz CT molecular complexity index is 543. The first-order valence-electron chi connectivity index (χ1n) is 6.64. The minimum Gasteiger partial charge on any atom is -0.492 e. The number of H-pyrrole nitrogens is 1. The van der Waals surface area contributed by atoms with Gasteiger partial charge in [-0.3, -0.25) is 10.00 Å². The van der Waals surface area contributed by atoms with Gasteiger partial charge in [0.25, 0.3) is 0 Å². The summed E-state index contributed by atoms with van der Waals surface area (Å²) in [6, 6.07) is 7.42. The van der Waals surface area contributed by atoms with E-state index < -0.39 is 0 Å². The summed E-state index contributed by atoms with van der Waals surface area (Å²) in [6.07, 6.45) is 0.845. The Kier molecular flexibility index (Phi) is 5.38. The Morgan fingerprint density at radius 1 is 1.40 bits per heavy atom. The van der Waals surface area contributed by atoms with E-state index in [4.69, 9.17) is 16.3 Å². The topological polar surface area (TPSA) is 54.0 Å². The highest BCUT2D eigenvalue weighted by Crippen LogP contribution is 2.16. The van der Waals surface area contributed by atoms with Gasteiger partial charge in [0.15, 0.2) is 0 Å². The Balaban J connectivity index is 1.73. The molecule has 2 rings (SSSR count). The lowest BCUT2D eigenvalue weighted by Crippen LogP contribution is -2.24. The van der Waals surface area contributed by atoms with E-state index >= 15 is 0 Å². The smallest absolute Gasteiger partial charge is 0.150 e. The van der Waals surface area contributed by atoms with Crippen LogP contribution in [-0.2, 0) is 13.0 Å². The molecular formula is C14H19ClN4O. The molecule has 6 heteroatoms. The number of hydrogen-bond acceptors (Lipinski definition) is 4. The molecule has 1 N–H and O–H groups in total. The maximum absolute atomic E-state index is 5.90. The molecule has 0 aliphatic rings. The Morgan fingerprint density at radius 2 is 2.25 bits per heavy atom. The molecule has 0 bridgehead atoms. The number of aromatic nitrogens is 3. The van der Waals surface area contributed by atoms with Gasteiger partial charge in [-0.15, -0.1) is 0 Å². The first-order chi connectivity index (χ1) is 9.67. The molecule has 0 saturated carbocycles. The van der Waals surface area contributed by atoms with Crippen LogP contribution in [0.2, 0.25) is 5.02 Å². The van der Waals surface area contributed by atoms with Crippen LogP contribution in [0.1, 0.15) is 18.6 Å². The van der Waals surface area contributed by atoms with Crippen molar-refractivity contribution in [3.63, 3.8) is 0 Å². The molecule has 1 aromatic carbocycles. The van der Waals surface area contributed by atoms with E-state index in [1.54, 1.807) is 0 Å². The quantitative estimate of drug-likeness (QED) is 0.852. The molecule has 0 unspecified atom stereocenters. The predicted molar refractivity (Wildman–Crippen MR) is 79.0 cm³/mol. The SMILES string of the molecule is CCc1n[nH]c(CN(C)CCOc2cccc(Cl)c2)n1. The average Bonchev–Trinajstić information content (AvgIpc) is 2.86. The number of aromatic amines is 1. The molecule has 20 heavy (non-hydrogen) atoms. The highest BCUT2D eigenvalue weighted by molar-refractivity contribution is 6.30. The van der Waals surface area contributed by atoms with Gasteiger partial charge in [0.05, 0.1) is 6.54 Å². The number of rotatable bonds is 7. The molecule has 1 heterocycles. The van der Waals surface area contributed by atoms with E-state index in [1.807, 2.05) is 38.2 Å². The van der Waals surface area contributed by atoms with Crippen LogP contribution in [0, 0.1) is 0 Å². The molecule has 0 spiro atoms. The van der Waals surface area contributed by atoms with E-state index in [0.29, 0.717) is 11.6 Å². The van der Waals surface area contributed by atoms with E-state index in [0.717, 1.165) is 36.9 Å². The fraction of sp³-hybridized carbons (Fsp3) is 0.429. The fourth-order valence-corrected chi connectivity index (χ4v) is 1.95. The summed E-state index contributed by atoms with van der Waals surface area (Å²) < 4.78 is 5.65. The molecule has 0 aliphatic heterocycles. The number of ether oxygens (including phenoxy) is 1. The van der Waals surface area contributed by atoms with E-state index in [1.165, 1.54) is 0 Å². The summed E-state index contributed by atoms with van der Waals surface area (Å²) >= 11 is 5.90. The van der Waals surface area contributed by atoms with Gasteiger partial charge in [0.2, 0.25) is 0 Å². The minimum atomic E-state index is 0.603. The van der Waals surface area contributed by atoms with Crippen LogP contribution < -0.4 is 4.74 Å². The molecule has 5 nitrogen and oxygen atoms in total. The number of nitrogens with one attached hydrogen (secondary N) is 1. The van der Waals surface area contributed by atoms with Gasteiger partial charge in [-0.2, -0.15) is 5.10 Å². The molecule has 2 aromatic rings. The van der Waals surface area contributed by atoms with Crippen LogP contribution in [0.5, 0.6) is 5.75 Å². The van der Waals surface area contributed by atoms with Crippen molar-refractivity contribution in [1.82, 2.24) is 20.1 Å². The second-order valence-corrected chi connectivity index (χ2v) is 5.03. The molecule has 0 saturated heterocycles. The molecule has 108 valence electrons. The zero-order chi connectivity index (χ0) is 14.4. The lowest BCUT2D eigenvalue weighted by atomic mass is 10.3. The summed E-state index contributed by atoms with van der Waals surface area (Å²) in [5.41, 5.74) is 0. The van der Waals surface area contributed by atoms with Crippen molar-refractivity contribution in [3.05, 3.63) is 40.9 Å². The van der Waals surface area contributed by atoms with Gasteiger partial charge in [-0.25, -0.2) is 4.98 Å². The molecule has 0 amide bonds. The standard InChI is InChI=1S/C14H19ClN4O/c1-3-13-16-14(18-17-13)10-19(2)7-8-20-12-6-4-5-11(15)9-12/h4-6,9H,3,7-8,10H2,1-2H3,(H,16,17,18). The molecule has 0 atom stereocenters. The van der Waals surface area contributed by atoms with Gasteiger partial charge in [0.1, 0.15) is 24.0 Å². The van der Waals surface area contributed by atoms with Crippen molar-refractivity contribution < 1.29 is 4.74 Å². The summed E-state index contributed by atoms with van der Waals surface area (Å²) in [4.78, 5) is 6.51. The number of benzene rings is 1. The van der Waals surface area contributed by atoms with Gasteiger partial charge in [-0.1, -0.05) is 24.6 Å². The highest BCUT2D eigenvalue weighted by atomic mass is 35.5. The Morgan fingerprint density at radius 3 is 2.95 bits per heavy atom. The van der Waals surface area contributed by atoms with Crippen LogP contribution in [0.25, 0.3) is 0 Å². The first-order valence-corrected chi connectivity index (χ1v) is 7.02. The van der Waals surface area contributed by atoms with Gasteiger partial charge >= 0.3 is 0 Å². The van der Waals surface area contributed by atoms with Crippen LogP contribution in [-0.4, -0.2) is 40.3 Å². The molecule has 0 radical (unpaired) electrons. The minimum absolute atomic E-state index is 0.603. The third-order valence-corrected chi connectivity index (χ3v) is 3.09. The number of halogens is 1. The maximum atomic E-state index is 5.90. The van der Waals surface area contributed by atoms with Crippen LogP contribution in [0.4, 0.5) is 0 Å². The summed E-state index contributed by atoms with van der Waals surface area (Å²) in [5.74, 6) is 2.52. The number of likely N-dealkylation sites (N-methyl/N-ethyl adjacent to an activating group) is 1. The van der Waals surface area contributed by atoms with Crippen LogP contribution >= 0.6 is 11.6 Å². The third-order valence-electron chi connectivity index (χ3n) is 2.85. The summed E-state index contributed by atoms with van der Waals surface area (Å²) in [6.45, 7) is 4.17. The normalized spacial score (nSPS) is 11.0. The number of aryl methyl sites for hydroxylation is 1. The zero-order valence-electron chi connectivity index (χ0n) is 11.8. The lowest BCUT2D eigenvalue weighted by Gasteiger charge is -2.15. The maximum Gasteiger partial charge on any atom is 0.150 e. The number of nitrogens with zero attached hydrogens (tertiary/aromatic N) is 3. The fourth-order valence-electron chi connectivity index (χ4n) is 1.77. The molecule has 1 aromatic heterocycles. The Labute approximate surface area is 123 Å². The Hall–Kier alpha value is -1.59. The largest absolute Gasteiger partial charge is 0.492 e. The van der Waals surface area contributed by atoms with Crippen molar-refractivity contribution in [3.8, 4) is 5.75 Å².